The summed E-state index contributed by atoms with van der Waals surface area (Å²) in [6.07, 6.45) is 4.83. The molecule has 29 heavy (non-hydrogen) atoms. The number of rotatable bonds is 6. The number of alkyl halides is 2. The summed E-state index contributed by atoms with van der Waals surface area (Å²) in [5.41, 5.74) is 6.95. The number of primary amides is 1. The second-order valence-electron chi connectivity index (χ2n) is 6.35. The number of halogens is 2. The first-order chi connectivity index (χ1) is 13.9. The summed E-state index contributed by atoms with van der Waals surface area (Å²) in [6.45, 7) is -2.94. The number of carbonyl (C=O) groups excluding carboxylic acids is 2. The van der Waals surface area contributed by atoms with Crippen molar-refractivity contribution in [3.8, 4) is 11.8 Å². The molecule has 0 radical (unpaired) electrons. The van der Waals surface area contributed by atoms with Crippen LogP contribution in [0.4, 0.5) is 13.8 Å². The van der Waals surface area contributed by atoms with Crippen molar-refractivity contribution >= 4 is 34.2 Å². The van der Waals surface area contributed by atoms with Gasteiger partial charge in [-0.05, 0) is 55.0 Å². The summed E-state index contributed by atoms with van der Waals surface area (Å²) < 4.78 is 28.7. The lowest BCUT2D eigenvalue weighted by molar-refractivity contribution is -0.112. The molecule has 1 aliphatic carbocycles. The van der Waals surface area contributed by atoms with E-state index in [2.05, 4.69) is 10.1 Å². The number of carbonyl (C=O) groups is 2. The van der Waals surface area contributed by atoms with Gasteiger partial charge in [0.15, 0.2) is 0 Å². The summed E-state index contributed by atoms with van der Waals surface area (Å²) in [5.74, 6) is -1.33. The number of thiophene rings is 1. The number of hydrogen-bond donors (Lipinski definition) is 2. The van der Waals surface area contributed by atoms with Gasteiger partial charge in [0, 0.05) is 4.88 Å². The number of nitrogens with zero attached hydrogens (tertiary/aromatic N) is 1. The molecule has 3 rings (SSSR count). The van der Waals surface area contributed by atoms with E-state index in [0.29, 0.717) is 16.1 Å². The number of amides is 2. The molecule has 0 spiro atoms. The minimum absolute atomic E-state index is 0.0321. The molecule has 1 aromatic heterocycles. The van der Waals surface area contributed by atoms with Gasteiger partial charge in [0.25, 0.3) is 11.8 Å². The van der Waals surface area contributed by atoms with Crippen LogP contribution < -0.4 is 15.8 Å². The number of benzene rings is 1. The molecular formula is C20H17F2N3O3S. The maximum atomic E-state index is 12.6. The van der Waals surface area contributed by atoms with E-state index in [1.807, 2.05) is 6.07 Å². The quantitative estimate of drug-likeness (QED) is 0.550. The van der Waals surface area contributed by atoms with Crippen molar-refractivity contribution in [3.05, 3.63) is 51.4 Å². The zero-order chi connectivity index (χ0) is 21.0. The molecule has 150 valence electrons. The van der Waals surface area contributed by atoms with Gasteiger partial charge in [0.2, 0.25) is 0 Å². The Morgan fingerprint density at radius 3 is 2.55 bits per heavy atom. The SMILES string of the molecule is N#C/C(=C\c1ccc(OC(F)F)cc1)C(=O)Nc1sc2c(c1C(N)=O)CCCC2. The highest BCUT2D eigenvalue weighted by atomic mass is 32.1. The fraction of sp³-hybridized carbons (Fsp3) is 0.250. The first kappa shape index (κ1) is 20.5. The second-order valence-corrected chi connectivity index (χ2v) is 7.46. The predicted octanol–water partition coefficient (Wildman–Crippen LogP) is 3.87. The van der Waals surface area contributed by atoms with Gasteiger partial charge in [0.05, 0.1) is 5.56 Å². The normalized spacial score (nSPS) is 13.5. The van der Waals surface area contributed by atoms with E-state index in [1.165, 1.54) is 41.7 Å². The average molecular weight is 417 g/mol. The summed E-state index contributed by atoms with van der Waals surface area (Å²) >= 11 is 1.30. The van der Waals surface area contributed by atoms with E-state index in [0.717, 1.165) is 36.1 Å². The van der Waals surface area contributed by atoms with Gasteiger partial charge in [0.1, 0.15) is 22.4 Å². The molecule has 1 aliphatic rings. The molecule has 0 saturated heterocycles. The van der Waals surface area contributed by atoms with Crippen molar-refractivity contribution in [1.29, 1.82) is 5.26 Å². The summed E-state index contributed by atoms with van der Waals surface area (Å²) in [5, 5.41) is 12.3. The van der Waals surface area contributed by atoms with Crippen molar-refractivity contribution < 1.29 is 23.1 Å². The molecule has 2 aromatic rings. The van der Waals surface area contributed by atoms with Crippen LogP contribution in [-0.2, 0) is 17.6 Å². The molecule has 6 nitrogen and oxygen atoms in total. The Hall–Kier alpha value is -3.25. The van der Waals surface area contributed by atoms with Crippen LogP contribution in [0.25, 0.3) is 6.08 Å². The van der Waals surface area contributed by atoms with Crippen LogP contribution in [0.1, 0.15) is 39.2 Å². The standard InChI is InChI=1S/C20H17F2N3O3S/c21-20(22)28-13-7-5-11(6-8-13)9-12(10-23)18(27)25-19-16(17(24)26)14-3-1-2-4-15(14)29-19/h5-9,20H,1-4H2,(H2,24,26)(H,25,27)/b12-9+. The molecule has 3 N–H and O–H groups in total. The van der Waals surface area contributed by atoms with Gasteiger partial charge in [-0.2, -0.15) is 14.0 Å². The maximum absolute atomic E-state index is 12.6. The van der Waals surface area contributed by atoms with Gasteiger partial charge in [-0.1, -0.05) is 12.1 Å². The largest absolute Gasteiger partial charge is 0.435 e. The van der Waals surface area contributed by atoms with Crippen LogP contribution in [0.2, 0.25) is 0 Å². The van der Waals surface area contributed by atoms with Crippen molar-refractivity contribution in [2.45, 2.75) is 32.3 Å². The topological polar surface area (TPSA) is 105 Å². The van der Waals surface area contributed by atoms with E-state index in [1.54, 1.807) is 0 Å². The molecule has 0 atom stereocenters. The Morgan fingerprint density at radius 1 is 1.24 bits per heavy atom. The Kier molecular flexibility index (Phi) is 6.24. The van der Waals surface area contributed by atoms with Crippen LogP contribution in [0.5, 0.6) is 5.75 Å². The van der Waals surface area contributed by atoms with Crippen molar-refractivity contribution in [3.63, 3.8) is 0 Å². The van der Waals surface area contributed by atoms with E-state index in [4.69, 9.17) is 5.73 Å². The number of nitriles is 1. The maximum Gasteiger partial charge on any atom is 0.387 e. The van der Waals surface area contributed by atoms with Gasteiger partial charge in [-0.25, -0.2) is 0 Å². The van der Waals surface area contributed by atoms with Crippen LogP contribution in [-0.4, -0.2) is 18.4 Å². The molecule has 1 aromatic carbocycles. The minimum Gasteiger partial charge on any atom is -0.435 e. The molecule has 0 saturated carbocycles. The molecule has 0 unspecified atom stereocenters. The third kappa shape index (κ3) is 4.78. The molecule has 1 heterocycles. The molecule has 0 bridgehead atoms. The van der Waals surface area contributed by atoms with E-state index in [-0.39, 0.29) is 11.3 Å². The molecule has 0 fully saturated rings. The van der Waals surface area contributed by atoms with Crippen LogP contribution in [0.3, 0.4) is 0 Å². The minimum atomic E-state index is -2.94. The lowest BCUT2D eigenvalue weighted by atomic mass is 9.95. The monoisotopic (exact) mass is 417 g/mol. The highest BCUT2D eigenvalue weighted by molar-refractivity contribution is 7.17. The second kappa shape index (κ2) is 8.84. The Morgan fingerprint density at radius 2 is 1.93 bits per heavy atom. The Bertz CT molecular complexity index is 1010. The highest BCUT2D eigenvalue weighted by Gasteiger charge is 2.25. The van der Waals surface area contributed by atoms with Gasteiger partial charge < -0.3 is 15.8 Å². The number of aryl methyl sites for hydroxylation is 1. The van der Waals surface area contributed by atoms with Crippen LogP contribution >= 0.6 is 11.3 Å². The van der Waals surface area contributed by atoms with Crippen molar-refractivity contribution in [1.82, 2.24) is 0 Å². The van der Waals surface area contributed by atoms with E-state index >= 15 is 0 Å². The summed E-state index contributed by atoms with van der Waals surface area (Å²) in [7, 11) is 0. The van der Waals surface area contributed by atoms with Crippen LogP contribution in [0.15, 0.2) is 29.8 Å². The van der Waals surface area contributed by atoms with Crippen molar-refractivity contribution in [2.24, 2.45) is 5.73 Å². The number of nitrogens with one attached hydrogen (secondary N) is 1. The first-order valence-corrected chi connectivity index (χ1v) is 9.63. The third-order valence-corrected chi connectivity index (χ3v) is 5.63. The zero-order valence-corrected chi connectivity index (χ0v) is 16.0. The number of fused-ring (bicyclic) bond motifs is 1. The average Bonchev–Trinajstić information content (AvgIpc) is 3.04. The summed E-state index contributed by atoms with van der Waals surface area (Å²) in [4.78, 5) is 25.5. The van der Waals surface area contributed by atoms with E-state index in [9.17, 15) is 23.6 Å². The number of anilines is 1. The van der Waals surface area contributed by atoms with Gasteiger partial charge in [-0.3, -0.25) is 9.59 Å². The molecule has 0 aliphatic heterocycles. The van der Waals surface area contributed by atoms with Gasteiger partial charge in [-0.15, -0.1) is 11.3 Å². The van der Waals surface area contributed by atoms with E-state index < -0.39 is 18.4 Å². The Labute approximate surface area is 169 Å². The molecule has 2 amide bonds. The third-order valence-electron chi connectivity index (χ3n) is 4.43. The number of hydrogen-bond acceptors (Lipinski definition) is 5. The van der Waals surface area contributed by atoms with Crippen molar-refractivity contribution in [2.75, 3.05) is 5.32 Å². The number of ether oxygens (including phenoxy) is 1. The predicted molar refractivity (Wildman–Crippen MR) is 105 cm³/mol. The zero-order valence-electron chi connectivity index (χ0n) is 15.2. The lowest BCUT2D eigenvalue weighted by Crippen LogP contribution is -2.19. The highest BCUT2D eigenvalue weighted by Crippen LogP contribution is 2.38. The van der Waals surface area contributed by atoms with Gasteiger partial charge >= 0.3 is 6.61 Å². The number of nitrogens with two attached hydrogens (primary N) is 1. The summed E-state index contributed by atoms with van der Waals surface area (Å²) in [6, 6.07) is 7.32. The van der Waals surface area contributed by atoms with Crippen LogP contribution in [0, 0.1) is 11.3 Å². The fourth-order valence-corrected chi connectivity index (χ4v) is 4.44. The molecular weight excluding hydrogens is 400 g/mol. The molecule has 9 heteroatoms. The fourth-order valence-electron chi connectivity index (χ4n) is 3.15. The smallest absolute Gasteiger partial charge is 0.387 e. The Balaban J connectivity index is 1.82. The lowest BCUT2D eigenvalue weighted by Gasteiger charge is -2.11. The first-order valence-electron chi connectivity index (χ1n) is 8.81.